The zero-order chi connectivity index (χ0) is 20.2. The molecule has 0 fully saturated rings. The van der Waals surface area contributed by atoms with E-state index in [2.05, 4.69) is 0 Å². The highest BCUT2D eigenvalue weighted by Gasteiger charge is 2.62. The predicted octanol–water partition coefficient (Wildman–Crippen LogP) is 1.34. The van der Waals surface area contributed by atoms with Gasteiger partial charge in [-0.05, 0) is 19.9 Å². The summed E-state index contributed by atoms with van der Waals surface area (Å²) in [5.41, 5.74) is 4.23. The number of methoxy groups -OCH3 is 1. The number of esters is 1. The van der Waals surface area contributed by atoms with Crippen LogP contribution in [0.15, 0.2) is 51.0 Å². The van der Waals surface area contributed by atoms with Crippen LogP contribution in [-0.4, -0.2) is 25.5 Å². The molecule has 1 spiro atoms. The maximum absolute atomic E-state index is 13.7. The molecule has 2 aliphatic rings. The minimum absolute atomic E-state index is 0.0823. The lowest BCUT2D eigenvalue weighted by Gasteiger charge is -2.34. The minimum Gasteiger partial charge on any atom is -0.465 e. The van der Waals surface area contributed by atoms with Crippen LogP contribution in [0.1, 0.15) is 23.8 Å². The Morgan fingerprint density at radius 3 is 2.68 bits per heavy atom. The normalized spacial score (nSPS) is 20.1. The number of aryl methyl sites for hydroxylation is 1. The zero-order valence-corrected chi connectivity index (χ0v) is 15.6. The Labute approximate surface area is 160 Å². The van der Waals surface area contributed by atoms with Gasteiger partial charge < -0.3 is 24.5 Å². The molecule has 1 amide bonds. The van der Waals surface area contributed by atoms with Crippen molar-refractivity contribution in [3.05, 3.63) is 69.1 Å². The third-order valence-electron chi connectivity index (χ3n) is 5.13. The van der Waals surface area contributed by atoms with Gasteiger partial charge in [0.25, 0.3) is 0 Å². The van der Waals surface area contributed by atoms with Crippen molar-refractivity contribution in [1.29, 1.82) is 0 Å². The van der Waals surface area contributed by atoms with Crippen molar-refractivity contribution < 1.29 is 23.5 Å². The largest absolute Gasteiger partial charge is 0.465 e. The van der Waals surface area contributed by atoms with Crippen molar-refractivity contribution in [2.45, 2.75) is 19.3 Å². The number of likely N-dealkylation sites (N-methyl/N-ethyl adjacent to an activating group) is 1. The number of ether oxygens (including phenoxy) is 2. The van der Waals surface area contributed by atoms with Crippen molar-refractivity contribution in [2.24, 2.45) is 5.73 Å². The third kappa shape index (κ3) is 2.02. The molecular weight excluding hydrogens is 364 g/mol. The van der Waals surface area contributed by atoms with Crippen molar-refractivity contribution in [3.8, 4) is 5.75 Å². The van der Waals surface area contributed by atoms with Gasteiger partial charge in [0, 0.05) is 23.9 Å². The molecule has 8 nitrogen and oxygen atoms in total. The Hall–Kier alpha value is -3.55. The van der Waals surface area contributed by atoms with E-state index in [0.29, 0.717) is 23.6 Å². The molecule has 2 aliphatic heterocycles. The number of amides is 1. The molecule has 144 valence electrons. The molecule has 0 aliphatic carbocycles. The number of benzene rings is 1. The first kappa shape index (κ1) is 17.8. The molecule has 8 heteroatoms. The first-order valence-corrected chi connectivity index (χ1v) is 8.71. The Morgan fingerprint density at radius 2 is 2.00 bits per heavy atom. The van der Waals surface area contributed by atoms with Crippen LogP contribution in [0.2, 0.25) is 0 Å². The summed E-state index contributed by atoms with van der Waals surface area (Å²) in [6, 6.07) is 8.42. The maximum atomic E-state index is 13.7. The maximum Gasteiger partial charge on any atom is 0.344 e. The van der Waals surface area contributed by atoms with Crippen LogP contribution in [0, 0.1) is 6.92 Å². The molecule has 4 rings (SSSR count). The van der Waals surface area contributed by atoms with E-state index in [1.54, 1.807) is 38.1 Å². The van der Waals surface area contributed by atoms with Gasteiger partial charge in [-0.2, -0.15) is 0 Å². The number of nitrogens with two attached hydrogens (primary N) is 1. The van der Waals surface area contributed by atoms with Crippen molar-refractivity contribution in [3.63, 3.8) is 0 Å². The highest BCUT2D eigenvalue weighted by molar-refractivity contribution is 6.18. The number of para-hydroxylation sites is 1. The average Bonchev–Trinajstić information content (AvgIpc) is 2.89. The topological polar surface area (TPSA) is 112 Å². The van der Waals surface area contributed by atoms with Gasteiger partial charge in [0.1, 0.15) is 28.1 Å². The number of hydrogen-bond acceptors (Lipinski definition) is 7. The van der Waals surface area contributed by atoms with Gasteiger partial charge in [-0.15, -0.1) is 0 Å². The number of carbonyl (C=O) groups is 2. The first-order chi connectivity index (χ1) is 13.4. The van der Waals surface area contributed by atoms with E-state index in [-0.39, 0.29) is 22.8 Å². The quantitative estimate of drug-likeness (QED) is 0.780. The predicted molar refractivity (Wildman–Crippen MR) is 98.8 cm³/mol. The molecule has 2 N–H and O–H groups in total. The van der Waals surface area contributed by atoms with E-state index < -0.39 is 22.9 Å². The number of carbonyl (C=O) groups excluding carboxylic acids is 2. The Balaban J connectivity index is 2.22. The highest BCUT2D eigenvalue weighted by Crippen LogP contribution is 2.54. The van der Waals surface area contributed by atoms with E-state index in [4.69, 9.17) is 19.6 Å². The lowest BCUT2D eigenvalue weighted by Crippen LogP contribution is -2.50. The summed E-state index contributed by atoms with van der Waals surface area (Å²) in [5, 5.41) is 0. The van der Waals surface area contributed by atoms with Crippen LogP contribution < -0.4 is 21.0 Å². The summed E-state index contributed by atoms with van der Waals surface area (Å²) in [7, 11) is 1.17. The molecule has 28 heavy (non-hydrogen) atoms. The molecular formula is C20H18N2O6. The lowest BCUT2D eigenvalue weighted by atomic mass is 9.69. The third-order valence-corrected chi connectivity index (χ3v) is 5.13. The second-order valence-electron chi connectivity index (χ2n) is 6.53. The number of fused-ring (bicyclic) bond motifs is 4. The van der Waals surface area contributed by atoms with Crippen LogP contribution >= 0.6 is 0 Å². The summed E-state index contributed by atoms with van der Waals surface area (Å²) in [5.74, 6) is -1.26. The van der Waals surface area contributed by atoms with Crippen LogP contribution in [0.4, 0.5) is 5.69 Å². The summed E-state index contributed by atoms with van der Waals surface area (Å²) in [6.07, 6.45) is 0. The summed E-state index contributed by atoms with van der Waals surface area (Å²) in [6.45, 7) is 3.71. The van der Waals surface area contributed by atoms with Gasteiger partial charge in [0.05, 0.1) is 7.11 Å². The number of rotatable bonds is 2. The Morgan fingerprint density at radius 1 is 1.29 bits per heavy atom. The standard InChI is InChI=1S/C20H18N2O6/c1-4-22-12-8-6-5-7-11(12)20(19(22)25)14-13(9-10(2)27-18(14)24)28-16(21)15(20)17(23)26-3/h5-9H,4,21H2,1-3H3. The monoisotopic (exact) mass is 382 g/mol. The molecule has 2 aromatic rings. The second-order valence-corrected chi connectivity index (χ2v) is 6.53. The zero-order valence-electron chi connectivity index (χ0n) is 15.6. The van der Waals surface area contributed by atoms with Crippen LogP contribution in [-0.2, 0) is 19.7 Å². The van der Waals surface area contributed by atoms with Gasteiger partial charge >= 0.3 is 11.6 Å². The van der Waals surface area contributed by atoms with Gasteiger partial charge in [0.15, 0.2) is 0 Å². The molecule has 1 aromatic carbocycles. The fraction of sp³-hybridized carbons (Fsp3) is 0.250. The summed E-state index contributed by atoms with van der Waals surface area (Å²) >= 11 is 0. The van der Waals surface area contributed by atoms with Gasteiger partial charge in [-0.25, -0.2) is 9.59 Å². The average molecular weight is 382 g/mol. The molecule has 1 unspecified atom stereocenters. The van der Waals surface area contributed by atoms with Crippen molar-refractivity contribution >= 4 is 17.6 Å². The molecule has 0 saturated heterocycles. The van der Waals surface area contributed by atoms with E-state index in [1.807, 2.05) is 0 Å². The Kier molecular flexibility index (Phi) is 3.81. The highest BCUT2D eigenvalue weighted by atomic mass is 16.5. The fourth-order valence-electron chi connectivity index (χ4n) is 4.09. The molecule has 1 aromatic heterocycles. The number of nitrogens with zero attached hydrogens (tertiary/aromatic N) is 1. The van der Waals surface area contributed by atoms with E-state index in [9.17, 15) is 14.4 Å². The van der Waals surface area contributed by atoms with Crippen LogP contribution in [0.3, 0.4) is 0 Å². The smallest absolute Gasteiger partial charge is 0.344 e. The fourth-order valence-corrected chi connectivity index (χ4v) is 4.09. The van der Waals surface area contributed by atoms with Crippen molar-refractivity contribution in [1.82, 2.24) is 0 Å². The van der Waals surface area contributed by atoms with E-state index in [1.165, 1.54) is 18.1 Å². The summed E-state index contributed by atoms with van der Waals surface area (Å²) < 4.78 is 15.7. The van der Waals surface area contributed by atoms with Crippen LogP contribution in [0.25, 0.3) is 0 Å². The van der Waals surface area contributed by atoms with Gasteiger partial charge in [0.2, 0.25) is 11.8 Å². The summed E-state index contributed by atoms with van der Waals surface area (Å²) in [4.78, 5) is 40.9. The number of hydrogen-bond donors (Lipinski definition) is 1. The molecule has 3 heterocycles. The molecule has 1 atom stereocenters. The van der Waals surface area contributed by atoms with Crippen LogP contribution in [0.5, 0.6) is 5.75 Å². The first-order valence-electron chi connectivity index (χ1n) is 8.71. The molecule has 0 saturated carbocycles. The SMILES string of the molecule is CCN1C(=O)C2(C(C(=O)OC)=C(N)Oc3cc(C)oc(=O)c32)c2ccccc21. The Bertz CT molecular complexity index is 1120. The van der Waals surface area contributed by atoms with Gasteiger partial charge in [-0.3, -0.25) is 4.79 Å². The van der Waals surface area contributed by atoms with E-state index >= 15 is 0 Å². The van der Waals surface area contributed by atoms with E-state index in [0.717, 1.165) is 0 Å². The molecule has 0 radical (unpaired) electrons. The van der Waals surface area contributed by atoms with Gasteiger partial charge in [-0.1, -0.05) is 18.2 Å². The number of anilines is 1. The minimum atomic E-state index is -1.80. The van der Waals surface area contributed by atoms with Crippen molar-refractivity contribution in [2.75, 3.05) is 18.6 Å². The molecule has 0 bridgehead atoms. The lowest BCUT2D eigenvalue weighted by molar-refractivity contribution is -0.138. The second kappa shape index (κ2) is 5.98.